The minimum absolute atomic E-state index is 0.505. The van der Waals surface area contributed by atoms with E-state index in [1.165, 1.54) is 4.88 Å². The summed E-state index contributed by atoms with van der Waals surface area (Å²) in [5.74, 6) is 0.505. The molecule has 98 valence electrons. The average molecular weight is 301 g/mol. The fourth-order valence-electron chi connectivity index (χ4n) is 1.73. The quantitative estimate of drug-likeness (QED) is 0.750. The SMILES string of the molecule is CC(Cc1cccs1)N(C)Cc1nc(CCl)cs1. The van der Waals surface area contributed by atoms with Crippen molar-refractivity contribution in [2.45, 2.75) is 31.8 Å². The highest BCUT2D eigenvalue weighted by Crippen LogP contribution is 2.17. The third-order valence-corrected chi connectivity index (χ3v) is 5.00. The van der Waals surface area contributed by atoms with Crippen LogP contribution >= 0.6 is 34.3 Å². The first-order valence-corrected chi connectivity index (χ1v) is 8.20. The van der Waals surface area contributed by atoms with E-state index in [1.54, 1.807) is 11.3 Å². The fraction of sp³-hybridized carbons (Fsp3) is 0.462. The van der Waals surface area contributed by atoms with Gasteiger partial charge in [-0.2, -0.15) is 0 Å². The maximum absolute atomic E-state index is 5.77. The van der Waals surface area contributed by atoms with E-state index in [-0.39, 0.29) is 0 Å². The van der Waals surface area contributed by atoms with Gasteiger partial charge in [0.25, 0.3) is 0 Å². The molecule has 0 spiro atoms. The predicted octanol–water partition coefficient (Wildman–Crippen LogP) is 4.01. The van der Waals surface area contributed by atoms with Crippen LogP contribution in [0.3, 0.4) is 0 Å². The lowest BCUT2D eigenvalue weighted by atomic mass is 10.2. The summed E-state index contributed by atoms with van der Waals surface area (Å²) in [7, 11) is 2.15. The Labute approximate surface area is 121 Å². The van der Waals surface area contributed by atoms with Gasteiger partial charge in [-0.1, -0.05) is 6.07 Å². The molecular weight excluding hydrogens is 284 g/mol. The maximum Gasteiger partial charge on any atom is 0.107 e. The van der Waals surface area contributed by atoms with Gasteiger partial charge >= 0.3 is 0 Å². The summed E-state index contributed by atoms with van der Waals surface area (Å²) in [4.78, 5) is 8.28. The topological polar surface area (TPSA) is 16.1 Å². The van der Waals surface area contributed by atoms with E-state index in [4.69, 9.17) is 11.6 Å². The Hall–Kier alpha value is -0.420. The highest BCUT2D eigenvalue weighted by Gasteiger charge is 2.12. The zero-order valence-corrected chi connectivity index (χ0v) is 13.0. The van der Waals surface area contributed by atoms with Gasteiger partial charge in [0.2, 0.25) is 0 Å². The second-order valence-corrected chi connectivity index (χ2v) is 6.66. The zero-order valence-electron chi connectivity index (χ0n) is 10.6. The molecule has 0 saturated heterocycles. The molecule has 0 aliphatic carbocycles. The molecule has 2 heterocycles. The monoisotopic (exact) mass is 300 g/mol. The van der Waals surface area contributed by atoms with Crippen molar-refractivity contribution in [3.63, 3.8) is 0 Å². The van der Waals surface area contributed by atoms with Crippen LogP contribution in [0.1, 0.15) is 22.5 Å². The number of thiazole rings is 1. The Kier molecular flexibility index (Phi) is 5.18. The Morgan fingerprint density at radius 1 is 1.44 bits per heavy atom. The molecule has 0 radical (unpaired) electrons. The lowest BCUT2D eigenvalue weighted by molar-refractivity contribution is 0.248. The summed E-state index contributed by atoms with van der Waals surface area (Å²) >= 11 is 9.28. The number of thiophene rings is 1. The number of hydrogen-bond donors (Lipinski definition) is 0. The molecule has 0 bridgehead atoms. The van der Waals surface area contributed by atoms with Crippen LogP contribution in [0.15, 0.2) is 22.9 Å². The summed E-state index contributed by atoms with van der Waals surface area (Å²) in [6, 6.07) is 4.83. The number of aromatic nitrogens is 1. The van der Waals surface area contributed by atoms with Gasteiger partial charge in [0.05, 0.1) is 18.1 Å². The van der Waals surface area contributed by atoms with E-state index in [1.807, 2.05) is 16.7 Å². The number of nitrogens with zero attached hydrogens (tertiary/aromatic N) is 2. The van der Waals surface area contributed by atoms with Crippen LogP contribution in [0.4, 0.5) is 0 Å². The lowest BCUT2D eigenvalue weighted by Gasteiger charge is -2.23. The highest BCUT2D eigenvalue weighted by molar-refractivity contribution is 7.10. The van der Waals surface area contributed by atoms with Crippen LogP contribution in [0.5, 0.6) is 0 Å². The van der Waals surface area contributed by atoms with Crippen LogP contribution in [-0.4, -0.2) is 23.0 Å². The van der Waals surface area contributed by atoms with Crippen LogP contribution in [0.25, 0.3) is 0 Å². The zero-order chi connectivity index (χ0) is 13.0. The highest BCUT2D eigenvalue weighted by atomic mass is 35.5. The Morgan fingerprint density at radius 2 is 2.28 bits per heavy atom. The van der Waals surface area contributed by atoms with Crippen LogP contribution < -0.4 is 0 Å². The van der Waals surface area contributed by atoms with Gasteiger partial charge in [-0.05, 0) is 31.8 Å². The van der Waals surface area contributed by atoms with Crippen molar-refractivity contribution in [3.05, 3.63) is 38.5 Å². The largest absolute Gasteiger partial charge is 0.297 e. The van der Waals surface area contributed by atoms with Crippen LogP contribution in [0, 0.1) is 0 Å². The molecule has 0 amide bonds. The van der Waals surface area contributed by atoms with Gasteiger partial charge in [0, 0.05) is 16.3 Å². The summed E-state index contributed by atoms with van der Waals surface area (Å²) in [6.07, 6.45) is 1.10. The van der Waals surface area contributed by atoms with Crippen molar-refractivity contribution < 1.29 is 0 Å². The normalized spacial score (nSPS) is 13.1. The minimum Gasteiger partial charge on any atom is -0.297 e. The Bertz CT molecular complexity index is 467. The smallest absolute Gasteiger partial charge is 0.107 e. The van der Waals surface area contributed by atoms with Crippen molar-refractivity contribution in [2.75, 3.05) is 7.05 Å². The fourth-order valence-corrected chi connectivity index (χ4v) is 3.64. The molecule has 2 nitrogen and oxygen atoms in total. The Morgan fingerprint density at radius 3 is 2.89 bits per heavy atom. The third-order valence-electron chi connectivity index (χ3n) is 2.95. The molecule has 0 saturated carbocycles. The molecule has 2 aromatic heterocycles. The molecular formula is C13H17ClN2S2. The number of halogens is 1. The van der Waals surface area contributed by atoms with Crippen molar-refractivity contribution >= 4 is 34.3 Å². The number of hydrogen-bond acceptors (Lipinski definition) is 4. The third kappa shape index (κ3) is 3.79. The van der Waals surface area contributed by atoms with Crippen molar-refractivity contribution in [3.8, 4) is 0 Å². The van der Waals surface area contributed by atoms with E-state index in [0.29, 0.717) is 11.9 Å². The summed E-state index contributed by atoms with van der Waals surface area (Å²) in [5.41, 5.74) is 0.982. The van der Waals surface area contributed by atoms with Gasteiger partial charge in [0.15, 0.2) is 0 Å². The first-order valence-electron chi connectivity index (χ1n) is 5.91. The molecule has 1 atom stereocenters. The van der Waals surface area contributed by atoms with Crippen LogP contribution in [-0.2, 0) is 18.8 Å². The number of alkyl halides is 1. The van der Waals surface area contributed by atoms with E-state index in [2.05, 4.69) is 41.4 Å². The van der Waals surface area contributed by atoms with Gasteiger partial charge in [0.1, 0.15) is 5.01 Å². The van der Waals surface area contributed by atoms with E-state index in [0.717, 1.165) is 23.7 Å². The second-order valence-electron chi connectivity index (χ2n) is 4.41. The van der Waals surface area contributed by atoms with E-state index >= 15 is 0 Å². The van der Waals surface area contributed by atoms with Gasteiger partial charge in [-0.25, -0.2) is 4.98 Å². The number of rotatable bonds is 6. The van der Waals surface area contributed by atoms with Gasteiger partial charge < -0.3 is 0 Å². The molecule has 18 heavy (non-hydrogen) atoms. The summed E-state index contributed by atoms with van der Waals surface area (Å²) < 4.78 is 0. The lowest BCUT2D eigenvalue weighted by Crippen LogP contribution is -2.30. The summed E-state index contributed by atoms with van der Waals surface area (Å²) in [6.45, 7) is 3.16. The minimum atomic E-state index is 0.505. The maximum atomic E-state index is 5.77. The molecule has 0 aromatic carbocycles. The molecule has 0 N–H and O–H groups in total. The summed E-state index contributed by atoms with van der Waals surface area (Å²) in [5, 5.41) is 5.32. The Balaban J connectivity index is 1.88. The van der Waals surface area contributed by atoms with Crippen LogP contribution in [0.2, 0.25) is 0 Å². The molecule has 0 fully saturated rings. The molecule has 2 aromatic rings. The second kappa shape index (κ2) is 6.66. The number of likely N-dealkylation sites (N-methyl/N-ethyl adjacent to an activating group) is 1. The molecule has 5 heteroatoms. The van der Waals surface area contributed by atoms with E-state index in [9.17, 15) is 0 Å². The first-order chi connectivity index (χ1) is 8.69. The molecule has 1 unspecified atom stereocenters. The van der Waals surface area contributed by atoms with Crippen molar-refractivity contribution in [1.82, 2.24) is 9.88 Å². The van der Waals surface area contributed by atoms with Crippen molar-refractivity contribution in [2.24, 2.45) is 0 Å². The molecule has 0 aliphatic rings. The molecule has 2 rings (SSSR count). The molecule has 0 aliphatic heterocycles. The average Bonchev–Trinajstić information content (AvgIpc) is 3.00. The van der Waals surface area contributed by atoms with Gasteiger partial charge in [-0.15, -0.1) is 34.3 Å². The predicted molar refractivity (Wildman–Crippen MR) is 80.6 cm³/mol. The van der Waals surface area contributed by atoms with E-state index < -0.39 is 0 Å². The first kappa shape index (κ1) is 14.0. The van der Waals surface area contributed by atoms with Crippen molar-refractivity contribution in [1.29, 1.82) is 0 Å². The van der Waals surface area contributed by atoms with Gasteiger partial charge in [-0.3, -0.25) is 4.90 Å². The standard InChI is InChI=1S/C13H17ClN2S2/c1-10(6-12-4-3-5-17-12)16(2)8-13-15-11(7-14)9-18-13/h3-5,9-10H,6-8H2,1-2H3.